The summed E-state index contributed by atoms with van der Waals surface area (Å²) >= 11 is 1.46. The van der Waals surface area contributed by atoms with Gasteiger partial charge in [-0.25, -0.2) is 18.1 Å². The number of hydrogen-bond donors (Lipinski definition) is 2. The number of nitrogens with zero attached hydrogens (tertiary/aromatic N) is 1. The Balaban J connectivity index is 2.17. The first-order chi connectivity index (χ1) is 8.14. The van der Waals surface area contributed by atoms with Crippen LogP contribution in [0.3, 0.4) is 0 Å². The molecule has 0 aliphatic heterocycles. The zero-order chi connectivity index (χ0) is 12.6. The van der Waals surface area contributed by atoms with Crippen molar-refractivity contribution in [2.45, 2.75) is 26.3 Å². The molecule has 2 N–H and O–H groups in total. The molecule has 0 unspecified atom stereocenters. The Kier molecular flexibility index (Phi) is 6.64. The van der Waals surface area contributed by atoms with Gasteiger partial charge < -0.3 is 5.32 Å². The SMILES string of the molecule is CCCNCCCS(=O)(=O)NCc1cscn1. The number of aromatic nitrogens is 1. The highest BCUT2D eigenvalue weighted by atomic mass is 32.2. The Hall–Kier alpha value is -0.500. The summed E-state index contributed by atoms with van der Waals surface area (Å²) in [5.74, 6) is 0.161. The first-order valence-corrected chi connectivity index (χ1v) is 8.28. The van der Waals surface area contributed by atoms with Gasteiger partial charge in [-0.1, -0.05) is 6.92 Å². The number of nitrogens with one attached hydrogen (secondary N) is 2. The lowest BCUT2D eigenvalue weighted by Gasteiger charge is -2.05. The number of thiazole rings is 1. The largest absolute Gasteiger partial charge is 0.317 e. The third-order valence-electron chi connectivity index (χ3n) is 2.15. The summed E-state index contributed by atoms with van der Waals surface area (Å²) in [6, 6.07) is 0. The Labute approximate surface area is 107 Å². The van der Waals surface area contributed by atoms with Gasteiger partial charge in [0.2, 0.25) is 10.0 Å². The standard InChI is InChI=1S/C10H19N3O2S2/c1-2-4-11-5-3-6-17(14,15)13-7-10-8-16-9-12-10/h8-9,11,13H,2-7H2,1H3. The first-order valence-electron chi connectivity index (χ1n) is 5.69. The second-order valence-corrected chi connectivity index (χ2v) is 6.37. The predicted molar refractivity (Wildman–Crippen MR) is 70.5 cm³/mol. The maximum atomic E-state index is 11.6. The summed E-state index contributed by atoms with van der Waals surface area (Å²) < 4.78 is 25.7. The average molecular weight is 277 g/mol. The van der Waals surface area contributed by atoms with E-state index >= 15 is 0 Å². The van der Waals surface area contributed by atoms with Gasteiger partial charge in [0.05, 0.1) is 23.5 Å². The van der Waals surface area contributed by atoms with Gasteiger partial charge in [-0.15, -0.1) is 11.3 Å². The van der Waals surface area contributed by atoms with E-state index in [9.17, 15) is 8.42 Å². The molecule has 98 valence electrons. The number of sulfonamides is 1. The molecule has 0 aliphatic rings. The Morgan fingerprint density at radius 2 is 2.24 bits per heavy atom. The average Bonchev–Trinajstić information content (AvgIpc) is 2.79. The lowest BCUT2D eigenvalue weighted by molar-refractivity contribution is 0.573. The molecule has 1 aromatic heterocycles. The molecule has 0 radical (unpaired) electrons. The molecule has 1 heterocycles. The molecule has 17 heavy (non-hydrogen) atoms. The Bertz CT molecular complexity index is 390. The van der Waals surface area contributed by atoms with E-state index in [2.05, 4.69) is 21.9 Å². The van der Waals surface area contributed by atoms with Crippen LogP contribution in [0, 0.1) is 0 Å². The van der Waals surface area contributed by atoms with E-state index in [0.717, 1.165) is 25.2 Å². The fourth-order valence-corrected chi connectivity index (χ4v) is 2.86. The second kappa shape index (κ2) is 7.75. The normalized spacial score (nSPS) is 11.8. The number of hydrogen-bond acceptors (Lipinski definition) is 5. The van der Waals surface area contributed by atoms with E-state index in [1.165, 1.54) is 11.3 Å². The van der Waals surface area contributed by atoms with Gasteiger partial charge in [-0.05, 0) is 25.9 Å². The van der Waals surface area contributed by atoms with Crippen LogP contribution in [-0.2, 0) is 16.6 Å². The monoisotopic (exact) mass is 277 g/mol. The fourth-order valence-electron chi connectivity index (χ4n) is 1.27. The predicted octanol–water partition coefficient (Wildman–Crippen LogP) is 0.952. The molecule has 0 atom stereocenters. The summed E-state index contributed by atoms with van der Waals surface area (Å²) in [5, 5.41) is 5.01. The van der Waals surface area contributed by atoms with Gasteiger partial charge in [0, 0.05) is 5.38 Å². The van der Waals surface area contributed by atoms with Crippen LogP contribution in [0.25, 0.3) is 0 Å². The highest BCUT2D eigenvalue weighted by Crippen LogP contribution is 2.01. The molecule has 0 fully saturated rings. The molecule has 0 bridgehead atoms. The summed E-state index contributed by atoms with van der Waals surface area (Å²) in [5.41, 5.74) is 2.46. The van der Waals surface area contributed by atoms with E-state index in [1.54, 1.807) is 5.51 Å². The number of rotatable bonds is 9. The van der Waals surface area contributed by atoms with Crippen LogP contribution in [-0.4, -0.2) is 32.2 Å². The van der Waals surface area contributed by atoms with Crippen LogP contribution in [0.4, 0.5) is 0 Å². The molecule has 0 saturated heterocycles. The minimum atomic E-state index is -3.17. The molecule has 1 rings (SSSR count). The molecule has 1 aromatic rings. The van der Waals surface area contributed by atoms with Crippen molar-refractivity contribution in [1.29, 1.82) is 0 Å². The van der Waals surface area contributed by atoms with Crippen molar-refractivity contribution in [1.82, 2.24) is 15.0 Å². The van der Waals surface area contributed by atoms with Crippen molar-refractivity contribution in [2.24, 2.45) is 0 Å². The maximum Gasteiger partial charge on any atom is 0.211 e. The van der Waals surface area contributed by atoms with Gasteiger partial charge >= 0.3 is 0 Å². The topological polar surface area (TPSA) is 71.1 Å². The third kappa shape index (κ3) is 6.72. The van der Waals surface area contributed by atoms with E-state index in [1.807, 2.05) is 5.38 Å². The quantitative estimate of drug-likeness (QED) is 0.659. The zero-order valence-electron chi connectivity index (χ0n) is 9.98. The van der Waals surface area contributed by atoms with Gasteiger partial charge in [-0.2, -0.15) is 0 Å². The van der Waals surface area contributed by atoms with Crippen LogP contribution >= 0.6 is 11.3 Å². The van der Waals surface area contributed by atoms with Gasteiger partial charge in [-0.3, -0.25) is 0 Å². The minimum Gasteiger partial charge on any atom is -0.317 e. The van der Waals surface area contributed by atoms with Gasteiger partial charge in [0.15, 0.2) is 0 Å². The van der Waals surface area contributed by atoms with Gasteiger partial charge in [0.25, 0.3) is 0 Å². The summed E-state index contributed by atoms with van der Waals surface area (Å²) in [7, 11) is -3.17. The van der Waals surface area contributed by atoms with Crippen molar-refractivity contribution < 1.29 is 8.42 Å². The van der Waals surface area contributed by atoms with Crippen LogP contribution < -0.4 is 10.0 Å². The Morgan fingerprint density at radius 1 is 1.41 bits per heavy atom. The highest BCUT2D eigenvalue weighted by molar-refractivity contribution is 7.89. The summed E-state index contributed by atoms with van der Waals surface area (Å²) in [4.78, 5) is 4.02. The summed E-state index contributed by atoms with van der Waals surface area (Å²) in [6.07, 6.45) is 1.70. The molecule has 0 amide bonds. The van der Waals surface area contributed by atoms with Crippen molar-refractivity contribution in [3.63, 3.8) is 0 Å². The molecule has 0 aromatic carbocycles. The third-order valence-corrected chi connectivity index (χ3v) is 4.20. The molecule has 0 spiro atoms. The van der Waals surface area contributed by atoms with Gasteiger partial charge in [0.1, 0.15) is 0 Å². The highest BCUT2D eigenvalue weighted by Gasteiger charge is 2.09. The molecule has 7 heteroatoms. The molecular weight excluding hydrogens is 258 g/mol. The maximum absolute atomic E-state index is 11.6. The lowest BCUT2D eigenvalue weighted by Crippen LogP contribution is -2.28. The van der Waals surface area contributed by atoms with Crippen molar-refractivity contribution >= 4 is 21.4 Å². The second-order valence-electron chi connectivity index (χ2n) is 3.72. The lowest BCUT2D eigenvalue weighted by atomic mass is 10.4. The molecular formula is C10H19N3O2S2. The molecule has 0 aliphatic carbocycles. The van der Waals surface area contributed by atoms with E-state index < -0.39 is 10.0 Å². The van der Waals surface area contributed by atoms with E-state index in [-0.39, 0.29) is 12.3 Å². The van der Waals surface area contributed by atoms with Crippen molar-refractivity contribution in [3.8, 4) is 0 Å². The van der Waals surface area contributed by atoms with Crippen LogP contribution in [0.1, 0.15) is 25.5 Å². The van der Waals surface area contributed by atoms with E-state index in [4.69, 9.17) is 0 Å². The smallest absolute Gasteiger partial charge is 0.211 e. The first kappa shape index (κ1) is 14.6. The zero-order valence-corrected chi connectivity index (χ0v) is 11.6. The van der Waals surface area contributed by atoms with Crippen LogP contribution in [0.2, 0.25) is 0 Å². The van der Waals surface area contributed by atoms with Crippen LogP contribution in [0.5, 0.6) is 0 Å². The van der Waals surface area contributed by atoms with Crippen LogP contribution in [0.15, 0.2) is 10.9 Å². The molecule has 0 saturated carbocycles. The van der Waals surface area contributed by atoms with Crippen molar-refractivity contribution in [3.05, 3.63) is 16.6 Å². The minimum absolute atomic E-state index is 0.161. The fraction of sp³-hybridized carbons (Fsp3) is 0.700. The van der Waals surface area contributed by atoms with Crippen molar-refractivity contribution in [2.75, 3.05) is 18.8 Å². The summed E-state index contributed by atoms with van der Waals surface area (Å²) in [6.45, 7) is 4.05. The van der Waals surface area contributed by atoms with E-state index in [0.29, 0.717) is 6.42 Å². The molecule has 5 nitrogen and oxygen atoms in total. The Morgan fingerprint density at radius 3 is 2.88 bits per heavy atom.